The summed E-state index contributed by atoms with van der Waals surface area (Å²) in [5.41, 5.74) is 1.85. The van der Waals surface area contributed by atoms with E-state index in [1.807, 2.05) is 0 Å². The molecule has 1 aromatic carbocycles. The molecule has 3 heteroatoms. The lowest BCUT2D eigenvalue weighted by molar-refractivity contribution is 0.101. The van der Waals surface area contributed by atoms with Gasteiger partial charge in [-0.3, -0.25) is 4.79 Å². The number of Topliss-reactive ketones (excluding diaryl/α,β-unsaturated/α-hetero) is 1. The topological polar surface area (TPSA) is 32.9 Å². The summed E-state index contributed by atoms with van der Waals surface area (Å²) >= 11 is 0. The molecular weight excluding hydrogens is 181 g/mol. The highest BCUT2D eigenvalue weighted by Crippen LogP contribution is 2.24. The van der Waals surface area contributed by atoms with Crippen LogP contribution in [0.15, 0.2) is 18.2 Å². The molecule has 0 bridgehead atoms. The number of hydrogen-bond acceptors (Lipinski definition) is 1. The van der Waals surface area contributed by atoms with Crippen LogP contribution < -0.4 is 0 Å². The number of halogens is 1. The highest BCUT2D eigenvalue weighted by Gasteiger charge is 2.15. The smallest absolute Gasteiger partial charge is 0.162 e. The molecule has 2 rings (SSSR count). The van der Waals surface area contributed by atoms with Crippen molar-refractivity contribution >= 4 is 16.7 Å². The molecule has 0 saturated carbocycles. The van der Waals surface area contributed by atoms with Crippen molar-refractivity contribution in [2.24, 2.45) is 0 Å². The number of rotatable bonds is 1. The van der Waals surface area contributed by atoms with Gasteiger partial charge in [0.1, 0.15) is 5.82 Å². The van der Waals surface area contributed by atoms with Gasteiger partial charge in [0.15, 0.2) is 5.78 Å². The molecule has 0 spiro atoms. The number of carbonyl (C=O) groups is 1. The molecule has 0 amide bonds. The maximum atomic E-state index is 13.4. The molecule has 0 unspecified atom stereocenters. The molecule has 2 aromatic rings. The molecule has 1 N–H and O–H groups in total. The highest BCUT2D eigenvalue weighted by atomic mass is 19.1. The van der Waals surface area contributed by atoms with Crippen molar-refractivity contribution in [1.82, 2.24) is 4.98 Å². The van der Waals surface area contributed by atoms with Gasteiger partial charge in [-0.05, 0) is 26.0 Å². The van der Waals surface area contributed by atoms with Crippen molar-refractivity contribution in [2.75, 3.05) is 0 Å². The van der Waals surface area contributed by atoms with Gasteiger partial charge in [-0.15, -0.1) is 0 Å². The third-order valence-electron chi connectivity index (χ3n) is 2.31. The van der Waals surface area contributed by atoms with E-state index in [4.69, 9.17) is 0 Å². The molecule has 0 saturated heterocycles. The van der Waals surface area contributed by atoms with Crippen LogP contribution in [0.5, 0.6) is 0 Å². The first-order valence-electron chi connectivity index (χ1n) is 4.39. The molecule has 0 aliphatic heterocycles. The van der Waals surface area contributed by atoms with Crippen LogP contribution in [-0.2, 0) is 0 Å². The normalized spacial score (nSPS) is 10.8. The quantitative estimate of drug-likeness (QED) is 0.691. The zero-order valence-corrected chi connectivity index (χ0v) is 8.02. The fraction of sp³-hybridized carbons (Fsp3) is 0.182. The number of aromatic nitrogens is 1. The zero-order chi connectivity index (χ0) is 10.3. The summed E-state index contributed by atoms with van der Waals surface area (Å²) in [5.74, 6) is -0.462. The van der Waals surface area contributed by atoms with E-state index in [1.54, 1.807) is 19.1 Å². The Balaban J connectivity index is 2.93. The fourth-order valence-electron chi connectivity index (χ4n) is 1.77. The SMILES string of the molecule is CC(=O)c1c(C)[nH]c2cccc(F)c12. The fourth-order valence-corrected chi connectivity index (χ4v) is 1.77. The van der Waals surface area contributed by atoms with Crippen LogP contribution in [0.25, 0.3) is 10.9 Å². The van der Waals surface area contributed by atoms with Crippen molar-refractivity contribution in [3.63, 3.8) is 0 Å². The number of aryl methyl sites for hydroxylation is 1. The molecule has 1 aromatic heterocycles. The lowest BCUT2D eigenvalue weighted by atomic mass is 10.1. The number of carbonyl (C=O) groups excluding carboxylic acids is 1. The number of fused-ring (bicyclic) bond motifs is 1. The Hall–Kier alpha value is -1.64. The first kappa shape index (κ1) is 8.94. The first-order valence-corrected chi connectivity index (χ1v) is 4.39. The molecule has 0 aliphatic carbocycles. The summed E-state index contributed by atoms with van der Waals surface area (Å²) in [5, 5.41) is 0.400. The maximum Gasteiger partial charge on any atom is 0.162 e. The number of H-pyrrole nitrogens is 1. The maximum absolute atomic E-state index is 13.4. The minimum atomic E-state index is -0.350. The summed E-state index contributed by atoms with van der Waals surface area (Å²) < 4.78 is 13.4. The molecule has 0 aliphatic rings. The standard InChI is InChI=1S/C11H10FNO/c1-6-10(7(2)14)11-8(12)4-3-5-9(11)13-6/h3-5,13H,1-2H3. The van der Waals surface area contributed by atoms with Gasteiger partial charge in [0, 0.05) is 22.2 Å². The Morgan fingerprint density at radius 2 is 2.14 bits per heavy atom. The van der Waals surface area contributed by atoms with E-state index in [0.29, 0.717) is 16.5 Å². The summed E-state index contributed by atoms with van der Waals surface area (Å²) in [4.78, 5) is 14.3. The summed E-state index contributed by atoms with van der Waals surface area (Å²) in [6.07, 6.45) is 0. The Bertz CT molecular complexity index is 513. The first-order chi connectivity index (χ1) is 6.61. The van der Waals surface area contributed by atoms with Gasteiger partial charge in [0.2, 0.25) is 0 Å². The number of nitrogens with one attached hydrogen (secondary N) is 1. The van der Waals surface area contributed by atoms with Crippen LogP contribution in [0, 0.1) is 12.7 Å². The lowest BCUT2D eigenvalue weighted by Crippen LogP contribution is -1.94. The number of ketones is 1. The van der Waals surface area contributed by atoms with Crippen molar-refractivity contribution in [2.45, 2.75) is 13.8 Å². The van der Waals surface area contributed by atoms with Gasteiger partial charge in [-0.25, -0.2) is 4.39 Å². The Kier molecular flexibility index (Phi) is 1.88. The van der Waals surface area contributed by atoms with Gasteiger partial charge in [-0.1, -0.05) is 6.07 Å². The van der Waals surface area contributed by atoms with Crippen LogP contribution in [0.1, 0.15) is 23.0 Å². The number of benzene rings is 1. The van der Waals surface area contributed by atoms with Gasteiger partial charge in [0.05, 0.1) is 0 Å². The Morgan fingerprint density at radius 3 is 2.79 bits per heavy atom. The predicted octanol–water partition coefficient (Wildman–Crippen LogP) is 2.82. The van der Waals surface area contributed by atoms with Crippen LogP contribution >= 0.6 is 0 Å². The molecule has 0 atom stereocenters. The van der Waals surface area contributed by atoms with Crippen LogP contribution in [0.4, 0.5) is 4.39 Å². The number of aromatic amines is 1. The van der Waals surface area contributed by atoms with Gasteiger partial charge < -0.3 is 4.98 Å². The highest BCUT2D eigenvalue weighted by molar-refractivity contribution is 6.08. The largest absolute Gasteiger partial charge is 0.358 e. The van der Waals surface area contributed by atoms with E-state index in [1.165, 1.54) is 13.0 Å². The third kappa shape index (κ3) is 1.13. The van der Waals surface area contributed by atoms with Gasteiger partial charge in [0.25, 0.3) is 0 Å². The van der Waals surface area contributed by atoms with Crippen LogP contribution in [0.2, 0.25) is 0 Å². The van der Waals surface area contributed by atoms with Gasteiger partial charge in [-0.2, -0.15) is 0 Å². The van der Waals surface area contributed by atoms with Crippen molar-refractivity contribution in [3.8, 4) is 0 Å². The molecule has 14 heavy (non-hydrogen) atoms. The predicted molar refractivity (Wildman–Crippen MR) is 53.0 cm³/mol. The van der Waals surface area contributed by atoms with Crippen LogP contribution in [0.3, 0.4) is 0 Å². The molecular formula is C11H10FNO. The number of hydrogen-bond donors (Lipinski definition) is 1. The summed E-state index contributed by atoms with van der Waals surface area (Å²) in [6, 6.07) is 4.75. The van der Waals surface area contributed by atoms with E-state index in [0.717, 1.165) is 5.69 Å². The lowest BCUT2D eigenvalue weighted by Gasteiger charge is -1.95. The Labute approximate surface area is 80.7 Å². The molecule has 72 valence electrons. The molecule has 1 heterocycles. The van der Waals surface area contributed by atoms with Crippen molar-refractivity contribution < 1.29 is 9.18 Å². The minimum Gasteiger partial charge on any atom is -0.358 e. The zero-order valence-electron chi connectivity index (χ0n) is 8.02. The second kappa shape index (κ2) is 2.94. The monoisotopic (exact) mass is 191 g/mol. The Morgan fingerprint density at radius 1 is 1.43 bits per heavy atom. The third-order valence-corrected chi connectivity index (χ3v) is 2.31. The minimum absolute atomic E-state index is 0.112. The van der Waals surface area contributed by atoms with E-state index in [-0.39, 0.29) is 11.6 Å². The van der Waals surface area contributed by atoms with E-state index < -0.39 is 0 Å². The second-order valence-electron chi connectivity index (χ2n) is 3.34. The van der Waals surface area contributed by atoms with Gasteiger partial charge >= 0.3 is 0 Å². The average molecular weight is 191 g/mol. The van der Waals surface area contributed by atoms with Crippen molar-refractivity contribution in [1.29, 1.82) is 0 Å². The van der Waals surface area contributed by atoms with E-state index in [2.05, 4.69) is 4.98 Å². The average Bonchev–Trinajstić information content (AvgIpc) is 2.42. The molecule has 2 nitrogen and oxygen atoms in total. The summed E-state index contributed by atoms with van der Waals surface area (Å²) in [6.45, 7) is 3.22. The summed E-state index contributed by atoms with van der Waals surface area (Å²) in [7, 11) is 0. The van der Waals surface area contributed by atoms with E-state index >= 15 is 0 Å². The molecule has 0 radical (unpaired) electrons. The van der Waals surface area contributed by atoms with Crippen LogP contribution in [-0.4, -0.2) is 10.8 Å². The molecule has 0 fully saturated rings. The van der Waals surface area contributed by atoms with Crippen molar-refractivity contribution in [3.05, 3.63) is 35.3 Å². The van der Waals surface area contributed by atoms with E-state index in [9.17, 15) is 9.18 Å². The second-order valence-corrected chi connectivity index (χ2v) is 3.34.